The molecule has 1 aromatic carbocycles. The van der Waals surface area contributed by atoms with Crippen LogP contribution in [0.1, 0.15) is 24.0 Å². The monoisotopic (exact) mass is 272 g/mol. The number of aryl methyl sites for hydroxylation is 1. The molecule has 1 nitrogen and oxygen atoms in total. The van der Waals surface area contributed by atoms with Crippen LogP contribution in [-0.4, -0.2) is 19.1 Å². The Bertz CT molecular complexity index is 384. The summed E-state index contributed by atoms with van der Waals surface area (Å²) in [6.07, 6.45) is 3.13. The molecule has 1 aromatic rings. The van der Waals surface area contributed by atoms with Gasteiger partial charge in [-0.3, -0.25) is 0 Å². The second kappa shape index (κ2) is 5.60. The van der Waals surface area contributed by atoms with Gasteiger partial charge < -0.3 is 4.74 Å². The van der Waals surface area contributed by atoms with Crippen LogP contribution in [0.4, 0.5) is 0 Å². The van der Waals surface area contributed by atoms with E-state index in [0.717, 1.165) is 37.5 Å². The van der Waals surface area contributed by atoms with Crippen molar-refractivity contribution < 1.29 is 4.74 Å². The van der Waals surface area contributed by atoms with Crippen LogP contribution in [0.25, 0.3) is 0 Å². The van der Waals surface area contributed by atoms with E-state index in [9.17, 15) is 0 Å². The van der Waals surface area contributed by atoms with Gasteiger partial charge in [-0.1, -0.05) is 23.7 Å². The van der Waals surface area contributed by atoms with E-state index >= 15 is 0 Å². The van der Waals surface area contributed by atoms with Gasteiger partial charge >= 0.3 is 0 Å². The molecule has 1 atom stereocenters. The van der Waals surface area contributed by atoms with Crippen LogP contribution in [0.2, 0.25) is 5.02 Å². The first-order valence-corrected chi connectivity index (χ1v) is 6.95. The van der Waals surface area contributed by atoms with E-state index in [1.807, 2.05) is 6.07 Å². The molecule has 0 saturated carbocycles. The van der Waals surface area contributed by atoms with E-state index < -0.39 is 0 Å². The molecule has 1 aliphatic heterocycles. The molecule has 1 unspecified atom stereocenters. The van der Waals surface area contributed by atoms with Crippen molar-refractivity contribution in [1.29, 1.82) is 0 Å². The van der Waals surface area contributed by atoms with Gasteiger partial charge in [0.05, 0.1) is 6.61 Å². The van der Waals surface area contributed by atoms with Gasteiger partial charge in [0.2, 0.25) is 0 Å². The highest BCUT2D eigenvalue weighted by atomic mass is 35.5. The topological polar surface area (TPSA) is 9.23 Å². The molecule has 17 heavy (non-hydrogen) atoms. The summed E-state index contributed by atoms with van der Waals surface area (Å²) in [5.41, 5.74) is 2.44. The Hall–Kier alpha value is -0.240. The lowest BCUT2D eigenvalue weighted by Crippen LogP contribution is -2.35. The van der Waals surface area contributed by atoms with Crippen molar-refractivity contribution in [2.75, 3.05) is 19.1 Å². The van der Waals surface area contributed by atoms with Gasteiger partial charge in [0.15, 0.2) is 0 Å². The molecular weight excluding hydrogens is 255 g/mol. The predicted molar refractivity (Wildman–Crippen MR) is 73.1 cm³/mol. The molecule has 0 aliphatic carbocycles. The van der Waals surface area contributed by atoms with E-state index in [2.05, 4.69) is 19.1 Å². The van der Waals surface area contributed by atoms with Crippen LogP contribution in [0.5, 0.6) is 0 Å². The van der Waals surface area contributed by atoms with Crippen LogP contribution in [0.3, 0.4) is 0 Å². The van der Waals surface area contributed by atoms with Crippen molar-refractivity contribution in [2.24, 2.45) is 5.41 Å². The third kappa shape index (κ3) is 3.15. The highest BCUT2D eigenvalue weighted by molar-refractivity contribution is 6.31. The minimum absolute atomic E-state index is 0.0682. The minimum Gasteiger partial charge on any atom is -0.381 e. The van der Waals surface area contributed by atoms with E-state index in [4.69, 9.17) is 27.9 Å². The number of hydrogen-bond acceptors (Lipinski definition) is 1. The molecule has 1 aliphatic rings. The number of halogens is 2. The molecule has 0 radical (unpaired) electrons. The standard InChI is InChI=1S/C14H18Cl2O/c1-11-3-4-12(13(16)7-11)8-14(9-15)5-2-6-17-10-14/h3-4,7H,2,5-6,8-10H2,1H3. The number of rotatable bonds is 3. The molecule has 94 valence electrons. The molecule has 0 bridgehead atoms. The van der Waals surface area contributed by atoms with Crippen LogP contribution >= 0.6 is 23.2 Å². The zero-order chi connectivity index (χ0) is 12.3. The lowest BCUT2D eigenvalue weighted by Gasteiger charge is -2.35. The van der Waals surface area contributed by atoms with Crippen LogP contribution in [0.15, 0.2) is 18.2 Å². The van der Waals surface area contributed by atoms with E-state index in [1.54, 1.807) is 0 Å². The highest BCUT2D eigenvalue weighted by Crippen LogP contribution is 2.35. The van der Waals surface area contributed by atoms with Gasteiger partial charge in [-0.15, -0.1) is 11.6 Å². The predicted octanol–water partition coefficient (Wildman–Crippen LogP) is 4.23. The minimum atomic E-state index is 0.0682. The summed E-state index contributed by atoms with van der Waals surface area (Å²) in [4.78, 5) is 0. The maximum Gasteiger partial charge on any atom is 0.0537 e. The second-order valence-corrected chi connectivity index (χ2v) is 5.74. The van der Waals surface area contributed by atoms with Gasteiger partial charge in [-0.2, -0.15) is 0 Å². The summed E-state index contributed by atoms with van der Waals surface area (Å²) in [6.45, 7) is 3.66. The first-order chi connectivity index (χ1) is 8.15. The van der Waals surface area contributed by atoms with Crippen LogP contribution < -0.4 is 0 Å². The fourth-order valence-electron chi connectivity index (χ4n) is 2.40. The Morgan fingerprint density at radius 2 is 2.24 bits per heavy atom. The van der Waals surface area contributed by atoms with E-state index in [0.29, 0.717) is 5.88 Å². The van der Waals surface area contributed by atoms with Gasteiger partial charge in [0, 0.05) is 22.9 Å². The van der Waals surface area contributed by atoms with Crippen molar-refractivity contribution in [3.63, 3.8) is 0 Å². The molecule has 0 aromatic heterocycles. The molecule has 1 fully saturated rings. The Morgan fingerprint density at radius 1 is 1.41 bits per heavy atom. The van der Waals surface area contributed by atoms with Crippen LogP contribution in [0, 0.1) is 12.3 Å². The Balaban J connectivity index is 2.17. The average Bonchev–Trinajstić information content (AvgIpc) is 2.34. The van der Waals surface area contributed by atoms with Gasteiger partial charge in [0.25, 0.3) is 0 Å². The number of benzene rings is 1. The molecular formula is C14H18Cl2O. The van der Waals surface area contributed by atoms with Crippen molar-refractivity contribution in [3.8, 4) is 0 Å². The average molecular weight is 273 g/mol. The molecule has 2 rings (SSSR count). The third-order valence-corrected chi connectivity index (χ3v) is 4.38. The lowest BCUT2D eigenvalue weighted by atomic mass is 9.79. The summed E-state index contributed by atoms with van der Waals surface area (Å²) < 4.78 is 5.58. The first kappa shape index (κ1) is 13.2. The fraction of sp³-hybridized carbons (Fsp3) is 0.571. The maximum absolute atomic E-state index is 6.28. The van der Waals surface area contributed by atoms with Crippen molar-refractivity contribution in [1.82, 2.24) is 0 Å². The second-order valence-electron chi connectivity index (χ2n) is 5.06. The summed E-state index contributed by atoms with van der Waals surface area (Å²) in [6, 6.07) is 6.23. The molecule has 1 heterocycles. The number of hydrogen-bond donors (Lipinski definition) is 0. The summed E-state index contributed by atoms with van der Waals surface area (Å²) in [7, 11) is 0. The normalized spacial score (nSPS) is 24.9. The van der Waals surface area contributed by atoms with Gasteiger partial charge in [0.1, 0.15) is 0 Å². The molecule has 0 N–H and O–H groups in total. The van der Waals surface area contributed by atoms with Crippen molar-refractivity contribution in [3.05, 3.63) is 34.3 Å². The number of alkyl halides is 1. The molecule has 1 saturated heterocycles. The lowest BCUT2D eigenvalue weighted by molar-refractivity contribution is 0.00478. The van der Waals surface area contributed by atoms with Crippen molar-refractivity contribution >= 4 is 23.2 Å². The summed E-state index contributed by atoms with van der Waals surface area (Å²) in [5, 5.41) is 0.847. The zero-order valence-corrected chi connectivity index (χ0v) is 11.7. The first-order valence-electron chi connectivity index (χ1n) is 6.04. The van der Waals surface area contributed by atoms with Gasteiger partial charge in [-0.25, -0.2) is 0 Å². The molecule has 0 amide bonds. The largest absolute Gasteiger partial charge is 0.381 e. The van der Waals surface area contributed by atoms with E-state index in [-0.39, 0.29) is 5.41 Å². The quantitative estimate of drug-likeness (QED) is 0.749. The van der Waals surface area contributed by atoms with Crippen LogP contribution in [-0.2, 0) is 11.2 Å². The Morgan fingerprint density at radius 3 is 2.82 bits per heavy atom. The maximum atomic E-state index is 6.28. The fourth-order valence-corrected chi connectivity index (χ4v) is 3.01. The van der Waals surface area contributed by atoms with E-state index in [1.165, 1.54) is 11.1 Å². The zero-order valence-electron chi connectivity index (χ0n) is 10.1. The smallest absolute Gasteiger partial charge is 0.0537 e. The number of ether oxygens (including phenoxy) is 1. The van der Waals surface area contributed by atoms with Gasteiger partial charge in [-0.05, 0) is 43.4 Å². The summed E-state index contributed by atoms with van der Waals surface area (Å²) in [5.74, 6) is 0.636. The Labute approximate surface area is 113 Å². The molecule has 0 spiro atoms. The molecule has 3 heteroatoms. The third-order valence-electron chi connectivity index (χ3n) is 3.46. The highest BCUT2D eigenvalue weighted by Gasteiger charge is 2.32. The SMILES string of the molecule is Cc1ccc(CC2(CCl)CCCOC2)c(Cl)c1. The Kier molecular flexibility index (Phi) is 4.35. The summed E-state index contributed by atoms with van der Waals surface area (Å²) >= 11 is 12.4. The van der Waals surface area contributed by atoms with Crippen molar-refractivity contribution in [2.45, 2.75) is 26.2 Å².